The first-order valence-corrected chi connectivity index (χ1v) is 8.14. The van der Waals surface area contributed by atoms with Gasteiger partial charge in [-0.25, -0.2) is 0 Å². The average molecular weight is 305 g/mol. The zero-order valence-electron chi connectivity index (χ0n) is 12.1. The topological polar surface area (TPSA) is 42.7 Å². The summed E-state index contributed by atoms with van der Waals surface area (Å²) < 4.78 is 11.1. The van der Waals surface area contributed by atoms with Crippen LogP contribution in [-0.4, -0.2) is 30.1 Å². The highest BCUT2D eigenvalue weighted by molar-refractivity contribution is 7.08. The van der Waals surface area contributed by atoms with Crippen molar-refractivity contribution in [2.24, 2.45) is 0 Å². The number of ether oxygens (including phenoxy) is 1. The van der Waals surface area contributed by atoms with Crippen molar-refractivity contribution in [2.75, 3.05) is 13.2 Å². The van der Waals surface area contributed by atoms with Gasteiger partial charge in [-0.2, -0.15) is 11.3 Å². The highest BCUT2D eigenvalue weighted by Gasteiger charge is 2.25. The number of aryl methyl sites for hydroxylation is 1. The monoisotopic (exact) mass is 305 g/mol. The van der Waals surface area contributed by atoms with Gasteiger partial charge in [-0.1, -0.05) is 0 Å². The fourth-order valence-corrected chi connectivity index (χ4v) is 3.42. The van der Waals surface area contributed by atoms with Crippen molar-refractivity contribution >= 4 is 17.2 Å². The van der Waals surface area contributed by atoms with E-state index in [-0.39, 0.29) is 12.0 Å². The summed E-state index contributed by atoms with van der Waals surface area (Å²) in [5, 5.41) is 3.92. The molecule has 1 amide bonds. The van der Waals surface area contributed by atoms with Crippen LogP contribution in [-0.2, 0) is 11.3 Å². The summed E-state index contributed by atoms with van der Waals surface area (Å²) in [6.07, 6.45) is 3.87. The van der Waals surface area contributed by atoms with Crippen molar-refractivity contribution in [1.29, 1.82) is 0 Å². The van der Waals surface area contributed by atoms with Crippen LogP contribution in [0.3, 0.4) is 0 Å². The van der Waals surface area contributed by atoms with Gasteiger partial charge in [0.05, 0.1) is 24.5 Å². The Hall–Kier alpha value is -1.59. The lowest BCUT2D eigenvalue weighted by molar-refractivity contribution is 0.0491. The molecular weight excluding hydrogens is 286 g/mol. The third-order valence-corrected chi connectivity index (χ3v) is 4.61. The SMILES string of the molecule is Cc1cscc1C(=O)N(Cc1ccco1)C[C@H]1CCCO1. The minimum atomic E-state index is 0.0562. The molecule has 5 heteroatoms. The van der Waals surface area contributed by atoms with Crippen molar-refractivity contribution in [3.05, 3.63) is 46.0 Å². The predicted octanol–water partition coefficient (Wildman–Crippen LogP) is 3.47. The van der Waals surface area contributed by atoms with Crippen LogP contribution in [0.5, 0.6) is 0 Å². The molecule has 2 aromatic heterocycles. The van der Waals surface area contributed by atoms with Gasteiger partial charge in [0.15, 0.2) is 0 Å². The molecule has 0 aliphatic carbocycles. The highest BCUT2D eigenvalue weighted by atomic mass is 32.1. The number of hydrogen-bond acceptors (Lipinski definition) is 4. The Morgan fingerprint density at radius 1 is 1.48 bits per heavy atom. The number of nitrogens with zero attached hydrogens (tertiary/aromatic N) is 1. The van der Waals surface area contributed by atoms with Crippen molar-refractivity contribution in [1.82, 2.24) is 4.90 Å². The number of carbonyl (C=O) groups excluding carboxylic acids is 1. The number of hydrogen-bond donors (Lipinski definition) is 0. The van der Waals surface area contributed by atoms with Crippen molar-refractivity contribution < 1.29 is 13.9 Å². The predicted molar refractivity (Wildman–Crippen MR) is 81.5 cm³/mol. The summed E-state index contributed by atoms with van der Waals surface area (Å²) in [5.74, 6) is 0.856. The fraction of sp³-hybridized carbons (Fsp3) is 0.438. The smallest absolute Gasteiger partial charge is 0.255 e. The van der Waals surface area contributed by atoms with E-state index in [1.54, 1.807) is 17.6 Å². The van der Waals surface area contributed by atoms with Crippen molar-refractivity contribution in [3.63, 3.8) is 0 Å². The Morgan fingerprint density at radius 3 is 3.00 bits per heavy atom. The Labute approximate surface area is 128 Å². The van der Waals surface area contributed by atoms with Gasteiger partial charge in [-0.05, 0) is 42.8 Å². The average Bonchev–Trinajstić information content (AvgIpc) is 3.19. The zero-order valence-corrected chi connectivity index (χ0v) is 12.9. The summed E-state index contributed by atoms with van der Waals surface area (Å²) in [7, 11) is 0. The van der Waals surface area contributed by atoms with Gasteiger partial charge in [0, 0.05) is 18.5 Å². The first kappa shape index (κ1) is 14.4. The third-order valence-electron chi connectivity index (χ3n) is 3.75. The molecule has 4 nitrogen and oxygen atoms in total. The fourth-order valence-electron chi connectivity index (χ4n) is 2.59. The highest BCUT2D eigenvalue weighted by Crippen LogP contribution is 2.20. The maximum absolute atomic E-state index is 12.8. The molecule has 3 heterocycles. The van der Waals surface area contributed by atoms with Gasteiger partial charge in [0.1, 0.15) is 5.76 Å². The number of thiophene rings is 1. The Kier molecular flexibility index (Phi) is 4.41. The molecule has 0 N–H and O–H groups in total. The summed E-state index contributed by atoms with van der Waals surface area (Å²) in [6, 6.07) is 3.75. The molecule has 1 atom stereocenters. The molecule has 0 radical (unpaired) electrons. The molecule has 0 bridgehead atoms. The van der Waals surface area contributed by atoms with E-state index >= 15 is 0 Å². The summed E-state index contributed by atoms with van der Waals surface area (Å²) in [5.41, 5.74) is 1.81. The van der Waals surface area contributed by atoms with Crippen molar-refractivity contribution in [2.45, 2.75) is 32.4 Å². The molecule has 2 aromatic rings. The maximum Gasteiger partial charge on any atom is 0.255 e. The number of rotatable bonds is 5. The van der Waals surface area contributed by atoms with Crippen LogP contribution in [0, 0.1) is 6.92 Å². The van der Waals surface area contributed by atoms with E-state index in [9.17, 15) is 4.79 Å². The Bertz CT molecular complexity index is 584. The van der Waals surface area contributed by atoms with Crippen LogP contribution in [0.15, 0.2) is 33.6 Å². The molecule has 3 rings (SSSR count). The minimum Gasteiger partial charge on any atom is -0.467 e. The molecule has 0 saturated carbocycles. The summed E-state index contributed by atoms with van der Waals surface area (Å²) in [4.78, 5) is 14.6. The lowest BCUT2D eigenvalue weighted by Crippen LogP contribution is -2.37. The Morgan fingerprint density at radius 2 is 2.38 bits per heavy atom. The number of amides is 1. The van der Waals surface area contributed by atoms with E-state index in [0.717, 1.165) is 36.3 Å². The maximum atomic E-state index is 12.8. The second kappa shape index (κ2) is 6.45. The molecule has 1 aliphatic rings. The normalized spacial score (nSPS) is 18.0. The largest absolute Gasteiger partial charge is 0.467 e. The standard InChI is InChI=1S/C16H19NO3S/c1-12-10-21-11-15(12)16(18)17(8-13-4-2-6-19-13)9-14-5-3-7-20-14/h2,4,6,10-11,14H,3,5,7-9H2,1H3/t14-/m1/s1. The molecule has 0 spiro atoms. The van der Waals surface area contributed by atoms with E-state index in [4.69, 9.17) is 9.15 Å². The number of carbonyl (C=O) groups is 1. The van der Waals surface area contributed by atoms with Crippen molar-refractivity contribution in [3.8, 4) is 0 Å². The molecule has 21 heavy (non-hydrogen) atoms. The van der Waals surface area contributed by atoms with Crippen LogP contribution in [0.25, 0.3) is 0 Å². The Balaban J connectivity index is 1.77. The van der Waals surface area contributed by atoms with E-state index in [0.29, 0.717) is 13.1 Å². The van der Waals surface area contributed by atoms with Crippen LogP contribution in [0.1, 0.15) is 34.5 Å². The van der Waals surface area contributed by atoms with Gasteiger partial charge in [-0.15, -0.1) is 0 Å². The lowest BCUT2D eigenvalue weighted by atomic mass is 10.1. The summed E-state index contributed by atoms with van der Waals surface area (Å²) >= 11 is 1.56. The minimum absolute atomic E-state index is 0.0562. The first-order chi connectivity index (χ1) is 10.2. The van der Waals surface area contributed by atoms with E-state index in [1.807, 2.05) is 34.7 Å². The molecule has 0 unspecified atom stereocenters. The molecule has 112 valence electrons. The van der Waals surface area contributed by atoms with Gasteiger partial charge in [0.2, 0.25) is 0 Å². The number of furan rings is 1. The van der Waals surface area contributed by atoms with Gasteiger partial charge < -0.3 is 14.1 Å². The van der Waals surface area contributed by atoms with Crippen LogP contribution in [0.2, 0.25) is 0 Å². The molecule has 1 aliphatic heterocycles. The van der Waals surface area contributed by atoms with E-state index in [2.05, 4.69) is 0 Å². The van der Waals surface area contributed by atoms with E-state index in [1.165, 1.54) is 0 Å². The third kappa shape index (κ3) is 3.36. The van der Waals surface area contributed by atoms with Crippen LogP contribution >= 0.6 is 11.3 Å². The molecule has 1 saturated heterocycles. The summed E-state index contributed by atoms with van der Waals surface area (Å²) in [6.45, 7) is 3.88. The lowest BCUT2D eigenvalue weighted by Gasteiger charge is -2.24. The molecular formula is C16H19NO3S. The van der Waals surface area contributed by atoms with Gasteiger partial charge in [0.25, 0.3) is 5.91 Å². The van der Waals surface area contributed by atoms with Gasteiger partial charge >= 0.3 is 0 Å². The van der Waals surface area contributed by atoms with E-state index < -0.39 is 0 Å². The second-order valence-corrected chi connectivity index (χ2v) is 6.11. The first-order valence-electron chi connectivity index (χ1n) is 7.20. The van der Waals surface area contributed by atoms with Crippen LogP contribution in [0.4, 0.5) is 0 Å². The zero-order chi connectivity index (χ0) is 14.7. The molecule has 0 aromatic carbocycles. The quantitative estimate of drug-likeness (QED) is 0.849. The second-order valence-electron chi connectivity index (χ2n) is 5.37. The van der Waals surface area contributed by atoms with Gasteiger partial charge in [-0.3, -0.25) is 4.79 Å². The molecule has 1 fully saturated rings. The van der Waals surface area contributed by atoms with Crippen LogP contribution < -0.4 is 0 Å².